The van der Waals surface area contributed by atoms with Gasteiger partial charge in [-0.05, 0) is 68.7 Å². The first-order valence-corrected chi connectivity index (χ1v) is 12.3. The van der Waals surface area contributed by atoms with Crippen molar-refractivity contribution in [3.8, 4) is 0 Å². The van der Waals surface area contributed by atoms with Crippen LogP contribution in [0.25, 0.3) is 0 Å². The predicted molar refractivity (Wildman–Crippen MR) is 130 cm³/mol. The highest BCUT2D eigenvalue weighted by Gasteiger charge is 2.41. The van der Waals surface area contributed by atoms with Crippen molar-refractivity contribution in [2.75, 3.05) is 40.9 Å². The highest BCUT2D eigenvalue weighted by Crippen LogP contribution is 2.37. The smallest absolute Gasteiger partial charge is 0.217 e. The van der Waals surface area contributed by atoms with Gasteiger partial charge in [-0.15, -0.1) is 0 Å². The zero-order valence-corrected chi connectivity index (χ0v) is 19.0. The van der Waals surface area contributed by atoms with E-state index in [4.69, 9.17) is 10.7 Å². The Morgan fingerprint density at radius 3 is 2.59 bits per heavy atom. The molecule has 0 saturated carbocycles. The monoisotopic (exact) mass is 433 g/mol. The molecule has 5 rings (SSSR count). The van der Waals surface area contributed by atoms with Gasteiger partial charge in [-0.2, -0.15) is 0 Å². The van der Waals surface area contributed by atoms with Gasteiger partial charge >= 0.3 is 0 Å². The Morgan fingerprint density at radius 1 is 0.906 bits per heavy atom. The van der Waals surface area contributed by atoms with Crippen molar-refractivity contribution < 1.29 is 4.79 Å². The number of nitrogens with two attached hydrogens (primary N) is 1. The van der Waals surface area contributed by atoms with Crippen LogP contribution >= 0.6 is 0 Å². The van der Waals surface area contributed by atoms with E-state index in [9.17, 15) is 4.79 Å². The third-order valence-corrected chi connectivity index (χ3v) is 7.46. The third kappa shape index (κ3) is 4.41. The topological polar surface area (TPSA) is 65.7 Å². The average molecular weight is 434 g/mol. The minimum absolute atomic E-state index is 0.237. The Bertz CT molecular complexity index is 941. The molecule has 0 bridgehead atoms. The predicted octanol–water partition coefficient (Wildman–Crippen LogP) is 3.74. The molecule has 3 fully saturated rings. The lowest BCUT2D eigenvalue weighted by Gasteiger charge is -2.42. The summed E-state index contributed by atoms with van der Waals surface area (Å²) < 4.78 is 0. The maximum atomic E-state index is 11.2. The van der Waals surface area contributed by atoms with E-state index in [-0.39, 0.29) is 5.91 Å². The van der Waals surface area contributed by atoms with Crippen LogP contribution in [0.5, 0.6) is 0 Å². The van der Waals surface area contributed by atoms with Crippen LogP contribution in [0.15, 0.2) is 42.6 Å². The van der Waals surface area contributed by atoms with Crippen LogP contribution in [-0.2, 0) is 11.2 Å². The molecule has 1 aromatic carbocycles. The van der Waals surface area contributed by atoms with Gasteiger partial charge in [0.25, 0.3) is 0 Å². The number of nitrogens with zero attached hydrogens (tertiary/aromatic N) is 4. The zero-order chi connectivity index (χ0) is 21.9. The molecule has 2 N–H and O–H groups in total. The fourth-order valence-electron chi connectivity index (χ4n) is 5.86. The molecule has 0 spiro atoms. The SMILES string of the molecule is NC(=O)CCc1cccc(N2CCC[C@H]3[C@@H]2CCN3c2cc(N3CCCCC3)ccn2)c1. The molecule has 2 atom stereocenters. The van der Waals surface area contributed by atoms with Crippen molar-refractivity contribution in [2.24, 2.45) is 5.73 Å². The van der Waals surface area contributed by atoms with Gasteiger partial charge in [-0.3, -0.25) is 4.79 Å². The van der Waals surface area contributed by atoms with E-state index in [1.807, 2.05) is 6.20 Å². The van der Waals surface area contributed by atoms with E-state index in [1.54, 1.807) is 0 Å². The van der Waals surface area contributed by atoms with Crippen molar-refractivity contribution in [3.05, 3.63) is 48.2 Å². The van der Waals surface area contributed by atoms with Crippen molar-refractivity contribution in [3.63, 3.8) is 0 Å². The van der Waals surface area contributed by atoms with Crippen LogP contribution in [0, 0.1) is 0 Å². The summed E-state index contributed by atoms with van der Waals surface area (Å²) in [6, 6.07) is 14.2. The summed E-state index contributed by atoms with van der Waals surface area (Å²) in [6.45, 7) is 4.48. The maximum absolute atomic E-state index is 11.2. The summed E-state index contributed by atoms with van der Waals surface area (Å²) in [5.41, 5.74) is 9.15. The number of pyridine rings is 1. The molecule has 3 aliphatic heterocycles. The van der Waals surface area contributed by atoms with Crippen LogP contribution in [0.3, 0.4) is 0 Å². The second kappa shape index (κ2) is 9.39. The van der Waals surface area contributed by atoms with Crippen molar-refractivity contribution in [1.29, 1.82) is 0 Å². The lowest BCUT2D eigenvalue weighted by Crippen LogP contribution is -2.50. The number of primary amides is 1. The van der Waals surface area contributed by atoms with E-state index in [2.05, 4.69) is 51.1 Å². The number of fused-ring (bicyclic) bond motifs is 1. The van der Waals surface area contributed by atoms with Gasteiger partial charge in [0.1, 0.15) is 5.82 Å². The molecule has 2 aromatic rings. The minimum atomic E-state index is -0.237. The number of piperidine rings is 2. The summed E-state index contributed by atoms with van der Waals surface area (Å²) in [5, 5.41) is 0. The molecule has 6 heteroatoms. The van der Waals surface area contributed by atoms with E-state index in [0.29, 0.717) is 24.9 Å². The molecule has 6 nitrogen and oxygen atoms in total. The van der Waals surface area contributed by atoms with Gasteiger partial charge in [0.05, 0.1) is 12.1 Å². The van der Waals surface area contributed by atoms with Crippen molar-refractivity contribution in [2.45, 2.75) is 63.5 Å². The van der Waals surface area contributed by atoms with Crippen LogP contribution in [-0.4, -0.2) is 49.2 Å². The summed E-state index contributed by atoms with van der Waals surface area (Å²) in [5.74, 6) is 0.900. The highest BCUT2D eigenvalue weighted by atomic mass is 16.1. The van der Waals surface area contributed by atoms with Gasteiger partial charge in [0.15, 0.2) is 0 Å². The third-order valence-electron chi connectivity index (χ3n) is 7.46. The summed E-state index contributed by atoms with van der Waals surface area (Å²) in [4.78, 5) is 23.7. The summed E-state index contributed by atoms with van der Waals surface area (Å²) in [7, 11) is 0. The molecular weight excluding hydrogens is 398 g/mol. The van der Waals surface area contributed by atoms with Gasteiger partial charge in [0, 0.05) is 56.2 Å². The van der Waals surface area contributed by atoms with Gasteiger partial charge in [0.2, 0.25) is 5.91 Å². The number of hydrogen-bond acceptors (Lipinski definition) is 5. The van der Waals surface area contributed by atoms with Crippen molar-refractivity contribution >= 4 is 23.1 Å². The molecule has 1 amide bonds. The number of aromatic nitrogens is 1. The first kappa shape index (κ1) is 21.1. The second-order valence-electron chi connectivity index (χ2n) is 9.51. The average Bonchev–Trinajstić information content (AvgIpc) is 3.28. The van der Waals surface area contributed by atoms with Crippen molar-refractivity contribution in [1.82, 2.24) is 4.98 Å². The Morgan fingerprint density at radius 2 is 1.75 bits per heavy atom. The molecule has 0 radical (unpaired) electrons. The Labute approximate surface area is 191 Å². The van der Waals surface area contributed by atoms with Crippen LogP contribution in [0.1, 0.15) is 50.5 Å². The molecule has 3 saturated heterocycles. The van der Waals surface area contributed by atoms with E-state index in [0.717, 1.165) is 38.4 Å². The number of amides is 1. The highest BCUT2D eigenvalue weighted by molar-refractivity contribution is 5.74. The van der Waals surface area contributed by atoms with Gasteiger partial charge in [-0.25, -0.2) is 4.98 Å². The number of hydrogen-bond donors (Lipinski definition) is 1. The minimum Gasteiger partial charge on any atom is -0.371 e. The van der Waals surface area contributed by atoms with Gasteiger partial charge in [-0.1, -0.05) is 12.1 Å². The lowest BCUT2D eigenvalue weighted by molar-refractivity contribution is -0.117. The zero-order valence-electron chi connectivity index (χ0n) is 19.0. The molecule has 0 unspecified atom stereocenters. The van der Waals surface area contributed by atoms with Crippen LogP contribution in [0.4, 0.5) is 17.2 Å². The lowest BCUT2D eigenvalue weighted by atomic mass is 9.95. The fraction of sp³-hybridized carbons (Fsp3) is 0.538. The summed E-state index contributed by atoms with van der Waals surface area (Å²) in [6.07, 6.45) is 10.6. The van der Waals surface area contributed by atoms with Crippen LogP contribution < -0.4 is 20.4 Å². The molecule has 1 aromatic heterocycles. The number of benzene rings is 1. The number of carbonyl (C=O) groups excluding carboxylic acids is 1. The van der Waals surface area contributed by atoms with E-state index < -0.39 is 0 Å². The maximum Gasteiger partial charge on any atom is 0.217 e. The van der Waals surface area contributed by atoms with Gasteiger partial charge < -0.3 is 20.4 Å². The second-order valence-corrected chi connectivity index (χ2v) is 9.51. The van der Waals surface area contributed by atoms with Crippen LogP contribution in [0.2, 0.25) is 0 Å². The largest absolute Gasteiger partial charge is 0.371 e. The fourth-order valence-corrected chi connectivity index (χ4v) is 5.86. The molecular formula is C26H35N5O. The first-order valence-electron chi connectivity index (χ1n) is 12.3. The first-order chi connectivity index (χ1) is 15.7. The Kier molecular flexibility index (Phi) is 6.19. The number of rotatable bonds is 6. The number of aryl methyl sites for hydroxylation is 1. The molecule has 3 aliphatic rings. The van der Waals surface area contributed by atoms with E-state index >= 15 is 0 Å². The normalized spacial score (nSPS) is 23.3. The van der Waals surface area contributed by atoms with E-state index in [1.165, 1.54) is 49.0 Å². The number of carbonyl (C=O) groups is 1. The standard InChI is InChI=1S/C26H35N5O/c27-25(32)10-9-20-6-4-7-22(18-20)30-16-5-8-23-24(30)12-17-31(23)26-19-21(11-13-28-26)29-14-2-1-3-15-29/h4,6-7,11,13,18-19,23-24H,1-3,5,8-10,12,14-17H2,(H2,27,32)/t23-,24-/m0/s1. The Hall–Kier alpha value is -2.76. The summed E-state index contributed by atoms with van der Waals surface area (Å²) >= 11 is 0. The number of anilines is 3. The quantitative estimate of drug-likeness (QED) is 0.752. The molecule has 4 heterocycles. The molecule has 32 heavy (non-hydrogen) atoms. The molecule has 0 aliphatic carbocycles. The molecule has 170 valence electrons. The Balaban J connectivity index is 1.33.